The first-order valence-corrected chi connectivity index (χ1v) is 13.7. The average Bonchev–Trinajstić information content (AvgIpc) is 3.57. The molecule has 2 saturated heterocycles. The molecule has 0 N–H and O–H groups in total. The highest BCUT2D eigenvalue weighted by Crippen LogP contribution is 2.35. The van der Waals surface area contributed by atoms with Gasteiger partial charge < -0.3 is 14.5 Å². The van der Waals surface area contributed by atoms with Crippen LogP contribution in [-0.2, 0) is 4.74 Å². The van der Waals surface area contributed by atoms with Crippen LogP contribution in [0.25, 0.3) is 5.69 Å². The van der Waals surface area contributed by atoms with Crippen LogP contribution in [0.1, 0.15) is 79.0 Å². The zero-order valence-corrected chi connectivity index (χ0v) is 22.9. The summed E-state index contributed by atoms with van der Waals surface area (Å²) in [6.07, 6.45) is 3.94. The maximum Gasteiger partial charge on any atom is 0.410 e. The van der Waals surface area contributed by atoms with Gasteiger partial charge in [-0.05, 0) is 64.7 Å². The van der Waals surface area contributed by atoms with Gasteiger partial charge in [0.25, 0.3) is 5.91 Å². The van der Waals surface area contributed by atoms with E-state index in [0.29, 0.717) is 24.6 Å². The Morgan fingerprint density at radius 3 is 2.16 bits per heavy atom. The number of aromatic nitrogens is 2. The molecule has 0 spiro atoms. The monoisotopic (exact) mass is 514 g/mol. The van der Waals surface area contributed by atoms with Gasteiger partial charge in [-0.2, -0.15) is 5.10 Å². The van der Waals surface area contributed by atoms with Gasteiger partial charge in [-0.3, -0.25) is 4.79 Å². The number of ether oxygens (including phenoxy) is 1. The first-order valence-electron chi connectivity index (χ1n) is 13.7. The van der Waals surface area contributed by atoms with E-state index in [4.69, 9.17) is 9.84 Å². The van der Waals surface area contributed by atoms with Crippen molar-refractivity contribution in [2.45, 2.75) is 64.4 Å². The van der Waals surface area contributed by atoms with Crippen molar-refractivity contribution in [2.75, 3.05) is 26.2 Å². The summed E-state index contributed by atoms with van der Waals surface area (Å²) in [5.74, 6) is 0.515. The summed E-state index contributed by atoms with van der Waals surface area (Å²) < 4.78 is 7.51. The predicted molar refractivity (Wildman–Crippen MR) is 148 cm³/mol. The van der Waals surface area contributed by atoms with Crippen LogP contribution in [0.4, 0.5) is 4.79 Å². The number of hydrogen-bond donors (Lipinski definition) is 0. The molecule has 2 aliphatic heterocycles. The molecule has 200 valence electrons. The van der Waals surface area contributed by atoms with E-state index in [9.17, 15) is 9.59 Å². The van der Waals surface area contributed by atoms with Crippen molar-refractivity contribution >= 4 is 12.0 Å². The number of amides is 2. The van der Waals surface area contributed by atoms with Gasteiger partial charge in [0.1, 0.15) is 5.60 Å². The first kappa shape index (κ1) is 26.0. The number of carbonyl (C=O) groups excluding carboxylic acids is 2. The van der Waals surface area contributed by atoms with E-state index in [1.54, 1.807) is 11.1 Å². The normalized spacial score (nSPS) is 18.6. The van der Waals surface area contributed by atoms with E-state index in [0.717, 1.165) is 43.7 Å². The molecule has 2 fully saturated rings. The number of likely N-dealkylation sites (tertiary alicyclic amines) is 2. The molecule has 3 aromatic rings. The Balaban J connectivity index is 1.37. The molecular formula is C31H38N4O3. The molecule has 1 atom stereocenters. The highest BCUT2D eigenvalue weighted by molar-refractivity contribution is 5.95. The summed E-state index contributed by atoms with van der Waals surface area (Å²) in [5.41, 5.74) is 4.58. The zero-order chi connectivity index (χ0) is 26.9. The maximum atomic E-state index is 13.9. The quantitative estimate of drug-likeness (QED) is 0.433. The molecule has 0 bridgehead atoms. The van der Waals surface area contributed by atoms with E-state index >= 15 is 0 Å². The average molecular weight is 515 g/mol. The summed E-state index contributed by atoms with van der Waals surface area (Å²) in [6, 6.07) is 18.6. The predicted octanol–water partition coefficient (Wildman–Crippen LogP) is 5.92. The van der Waals surface area contributed by atoms with Crippen molar-refractivity contribution in [3.8, 4) is 5.69 Å². The Morgan fingerprint density at radius 2 is 1.50 bits per heavy atom. The lowest BCUT2D eigenvalue weighted by atomic mass is 9.90. The number of hydrogen-bond acceptors (Lipinski definition) is 4. The van der Waals surface area contributed by atoms with Crippen molar-refractivity contribution in [3.63, 3.8) is 0 Å². The Morgan fingerprint density at radius 1 is 0.868 bits per heavy atom. The second-order valence-electron chi connectivity index (χ2n) is 11.6. The molecule has 2 aliphatic rings. The Hall–Kier alpha value is -3.61. The second kappa shape index (κ2) is 10.6. The van der Waals surface area contributed by atoms with Crippen molar-refractivity contribution < 1.29 is 14.3 Å². The van der Waals surface area contributed by atoms with Crippen LogP contribution < -0.4 is 0 Å². The van der Waals surface area contributed by atoms with E-state index < -0.39 is 5.60 Å². The molecular weight excluding hydrogens is 476 g/mol. The summed E-state index contributed by atoms with van der Waals surface area (Å²) in [7, 11) is 0. The van der Waals surface area contributed by atoms with Crippen LogP contribution in [0, 0.1) is 6.92 Å². The number of rotatable bonds is 4. The third kappa shape index (κ3) is 5.62. The fraction of sp³-hybridized carbons (Fsp3) is 0.452. The van der Waals surface area contributed by atoms with E-state index in [1.807, 2.05) is 60.7 Å². The van der Waals surface area contributed by atoms with Gasteiger partial charge in [-0.1, -0.05) is 48.0 Å². The molecule has 7 heteroatoms. The van der Waals surface area contributed by atoms with E-state index in [1.165, 1.54) is 11.1 Å². The molecule has 1 aromatic heterocycles. The number of aryl methyl sites for hydroxylation is 1. The topological polar surface area (TPSA) is 67.7 Å². The van der Waals surface area contributed by atoms with E-state index in [2.05, 4.69) is 31.2 Å². The molecule has 2 aromatic carbocycles. The highest BCUT2D eigenvalue weighted by Gasteiger charge is 2.35. The van der Waals surface area contributed by atoms with Gasteiger partial charge in [0.2, 0.25) is 0 Å². The zero-order valence-electron chi connectivity index (χ0n) is 22.9. The van der Waals surface area contributed by atoms with Gasteiger partial charge >= 0.3 is 6.09 Å². The van der Waals surface area contributed by atoms with Gasteiger partial charge in [0.05, 0.1) is 23.1 Å². The molecule has 2 amide bonds. The summed E-state index contributed by atoms with van der Waals surface area (Å²) in [5, 5.41) is 4.71. The lowest BCUT2D eigenvalue weighted by molar-refractivity contribution is 0.0203. The van der Waals surface area contributed by atoms with Crippen molar-refractivity contribution in [3.05, 3.63) is 83.2 Å². The minimum atomic E-state index is -0.522. The first-order chi connectivity index (χ1) is 18.2. The van der Waals surface area contributed by atoms with Crippen LogP contribution in [0.5, 0.6) is 0 Å². The third-order valence-corrected chi connectivity index (χ3v) is 7.60. The lowest BCUT2D eigenvalue weighted by Gasteiger charge is -2.34. The Labute approximate surface area is 225 Å². The standard InChI is InChI=1S/C31H38N4O3/c1-22-10-12-23(13-11-22)25-16-19-34(21-25)29(36)27-20-32-35(26-8-6-5-7-9-26)28(27)24-14-17-33(18-15-24)30(37)38-31(2,3)4/h5-13,20,24-25H,14-19,21H2,1-4H3/t25-/m1/s1. The van der Waals surface area contributed by atoms with Crippen molar-refractivity contribution in [2.24, 2.45) is 0 Å². The largest absolute Gasteiger partial charge is 0.444 e. The SMILES string of the molecule is Cc1ccc([C@@H]2CCN(C(=O)c3cnn(-c4ccccc4)c3C3CCN(C(=O)OC(C)(C)C)CC3)C2)cc1. The third-order valence-electron chi connectivity index (χ3n) is 7.60. The smallest absolute Gasteiger partial charge is 0.410 e. The molecule has 0 aliphatic carbocycles. The Kier molecular flexibility index (Phi) is 7.28. The number of carbonyl (C=O) groups is 2. The minimum Gasteiger partial charge on any atom is -0.444 e. The lowest BCUT2D eigenvalue weighted by Crippen LogP contribution is -2.41. The minimum absolute atomic E-state index is 0.0476. The van der Waals surface area contributed by atoms with Crippen LogP contribution in [0.15, 0.2) is 60.8 Å². The van der Waals surface area contributed by atoms with Gasteiger partial charge in [-0.15, -0.1) is 0 Å². The number of benzene rings is 2. The van der Waals surface area contributed by atoms with Crippen LogP contribution in [0.2, 0.25) is 0 Å². The summed E-state index contributed by atoms with van der Waals surface area (Å²) >= 11 is 0. The second-order valence-corrected chi connectivity index (χ2v) is 11.6. The molecule has 38 heavy (non-hydrogen) atoms. The number of nitrogens with zero attached hydrogens (tertiary/aromatic N) is 4. The number of para-hydroxylation sites is 1. The van der Waals surface area contributed by atoms with Crippen molar-refractivity contribution in [1.29, 1.82) is 0 Å². The summed E-state index contributed by atoms with van der Waals surface area (Å²) in [4.78, 5) is 30.3. The van der Waals surface area contributed by atoms with Gasteiger partial charge in [0.15, 0.2) is 0 Å². The van der Waals surface area contributed by atoms with Gasteiger partial charge in [-0.25, -0.2) is 9.48 Å². The Bertz CT molecular complexity index is 1270. The van der Waals surface area contributed by atoms with Crippen LogP contribution in [-0.4, -0.2) is 63.4 Å². The fourth-order valence-corrected chi connectivity index (χ4v) is 5.58. The van der Waals surface area contributed by atoms with Crippen LogP contribution in [0.3, 0.4) is 0 Å². The van der Waals surface area contributed by atoms with Crippen LogP contribution >= 0.6 is 0 Å². The maximum absolute atomic E-state index is 13.9. The van der Waals surface area contributed by atoms with Crippen molar-refractivity contribution in [1.82, 2.24) is 19.6 Å². The molecule has 7 nitrogen and oxygen atoms in total. The molecule has 0 unspecified atom stereocenters. The molecule has 5 rings (SSSR count). The highest BCUT2D eigenvalue weighted by atomic mass is 16.6. The fourth-order valence-electron chi connectivity index (χ4n) is 5.58. The summed E-state index contributed by atoms with van der Waals surface area (Å²) in [6.45, 7) is 10.4. The van der Waals surface area contributed by atoms with Gasteiger partial charge in [0, 0.05) is 38.0 Å². The number of piperidine rings is 1. The van der Waals surface area contributed by atoms with E-state index in [-0.39, 0.29) is 17.9 Å². The molecule has 3 heterocycles. The molecule has 0 saturated carbocycles. The molecule has 0 radical (unpaired) electrons.